The van der Waals surface area contributed by atoms with Gasteiger partial charge in [0, 0.05) is 23.5 Å². The van der Waals surface area contributed by atoms with Crippen molar-refractivity contribution >= 4 is 0 Å². The molecule has 4 nitrogen and oxygen atoms in total. The van der Waals surface area contributed by atoms with E-state index < -0.39 is 0 Å². The summed E-state index contributed by atoms with van der Waals surface area (Å²) in [6, 6.07) is 4.32. The molecule has 1 unspecified atom stereocenters. The Morgan fingerprint density at radius 1 is 1.29 bits per heavy atom. The van der Waals surface area contributed by atoms with Crippen LogP contribution < -0.4 is 5.32 Å². The van der Waals surface area contributed by atoms with Crippen LogP contribution in [-0.2, 0) is 0 Å². The topological polar surface area (TPSA) is 42.7 Å². The normalized spacial score (nSPS) is 12.7. The van der Waals surface area contributed by atoms with Gasteiger partial charge < -0.3 is 5.32 Å². The summed E-state index contributed by atoms with van der Waals surface area (Å²) in [4.78, 5) is 8.80. The van der Waals surface area contributed by atoms with Crippen LogP contribution in [0, 0.1) is 13.8 Å². The summed E-state index contributed by atoms with van der Waals surface area (Å²) in [6.07, 6.45) is 3.65. The summed E-state index contributed by atoms with van der Waals surface area (Å²) >= 11 is 0. The molecule has 90 valence electrons. The zero-order chi connectivity index (χ0) is 12.4. The highest BCUT2D eigenvalue weighted by molar-refractivity contribution is 5.38. The van der Waals surface area contributed by atoms with E-state index in [0.717, 1.165) is 17.2 Å². The Hall–Kier alpha value is -1.68. The van der Waals surface area contributed by atoms with Crippen molar-refractivity contribution in [2.75, 3.05) is 7.05 Å². The molecule has 0 radical (unpaired) electrons. The number of nitrogens with one attached hydrogen (secondary N) is 1. The van der Waals surface area contributed by atoms with E-state index in [9.17, 15) is 0 Å². The smallest absolute Gasteiger partial charge is 0.142 e. The molecule has 0 saturated heterocycles. The van der Waals surface area contributed by atoms with Gasteiger partial charge in [-0.25, -0.2) is 9.97 Å². The Bertz CT molecular complexity index is 516. The molecule has 2 aromatic heterocycles. The highest BCUT2D eigenvalue weighted by atomic mass is 15.1. The molecule has 0 saturated carbocycles. The lowest BCUT2D eigenvalue weighted by atomic mass is 10.1. The third-order valence-corrected chi connectivity index (χ3v) is 3.20. The summed E-state index contributed by atoms with van der Waals surface area (Å²) < 4.78 is 2.04. The van der Waals surface area contributed by atoms with E-state index in [2.05, 4.69) is 35.2 Å². The van der Waals surface area contributed by atoms with Gasteiger partial charge in [0.05, 0.1) is 5.69 Å². The summed E-state index contributed by atoms with van der Waals surface area (Å²) in [7, 11) is 1.95. The lowest BCUT2D eigenvalue weighted by Crippen LogP contribution is -2.16. The zero-order valence-electron chi connectivity index (χ0n) is 10.7. The number of pyridine rings is 1. The van der Waals surface area contributed by atoms with Crippen LogP contribution in [0.15, 0.2) is 24.7 Å². The summed E-state index contributed by atoms with van der Waals surface area (Å²) in [6.45, 7) is 6.19. The molecule has 2 rings (SSSR count). The average molecular weight is 230 g/mol. The van der Waals surface area contributed by atoms with Gasteiger partial charge in [-0.05, 0) is 33.9 Å². The molecule has 0 bridgehead atoms. The third-order valence-electron chi connectivity index (χ3n) is 3.20. The van der Waals surface area contributed by atoms with Gasteiger partial charge in [-0.15, -0.1) is 0 Å². The average Bonchev–Trinajstić information content (AvgIpc) is 2.69. The maximum absolute atomic E-state index is 4.48. The van der Waals surface area contributed by atoms with Gasteiger partial charge in [-0.1, -0.05) is 6.07 Å². The molecule has 2 aromatic rings. The van der Waals surface area contributed by atoms with Crippen LogP contribution in [0.2, 0.25) is 0 Å². The fourth-order valence-electron chi connectivity index (χ4n) is 1.82. The molecular formula is C13H18N4. The first-order valence-electron chi connectivity index (χ1n) is 5.78. The van der Waals surface area contributed by atoms with E-state index in [1.165, 1.54) is 5.56 Å². The lowest BCUT2D eigenvalue weighted by molar-refractivity contribution is 0.643. The van der Waals surface area contributed by atoms with E-state index in [1.54, 1.807) is 0 Å². The Morgan fingerprint density at radius 3 is 2.65 bits per heavy atom. The van der Waals surface area contributed by atoms with E-state index in [0.29, 0.717) is 0 Å². The number of aryl methyl sites for hydroxylation is 1. The largest absolute Gasteiger partial charge is 0.313 e. The van der Waals surface area contributed by atoms with E-state index >= 15 is 0 Å². The molecule has 0 aliphatic carbocycles. The number of rotatable bonds is 3. The third kappa shape index (κ3) is 2.08. The van der Waals surface area contributed by atoms with Gasteiger partial charge in [0.15, 0.2) is 0 Å². The molecule has 2 heterocycles. The number of aromatic nitrogens is 3. The van der Waals surface area contributed by atoms with Crippen molar-refractivity contribution in [1.29, 1.82) is 0 Å². The molecule has 1 atom stereocenters. The van der Waals surface area contributed by atoms with Crippen LogP contribution in [0.4, 0.5) is 0 Å². The monoisotopic (exact) mass is 230 g/mol. The number of imidazole rings is 1. The van der Waals surface area contributed by atoms with Crippen LogP contribution in [0.3, 0.4) is 0 Å². The fraction of sp³-hybridized carbons (Fsp3) is 0.385. The Balaban J connectivity index is 2.56. The lowest BCUT2D eigenvalue weighted by Gasteiger charge is -2.16. The minimum atomic E-state index is 0.265. The second kappa shape index (κ2) is 4.67. The van der Waals surface area contributed by atoms with Crippen molar-refractivity contribution < 1.29 is 0 Å². The molecule has 0 aliphatic rings. The number of nitrogens with zero attached hydrogens (tertiary/aromatic N) is 3. The Kier molecular flexibility index (Phi) is 3.24. The second-order valence-corrected chi connectivity index (χ2v) is 4.21. The van der Waals surface area contributed by atoms with Gasteiger partial charge in [0.2, 0.25) is 0 Å². The van der Waals surface area contributed by atoms with E-state index in [4.69, 9.17) is 0 Å². The van der Waals surface area contributed by atoms with E-state index in [-0.39, 0.29) is 6.04 Å². The predicted molar refractivity (Wildman–Crippen MR) is 68.3 cm³/mol. The SMILES string of the molecule is CNC(C)c1cccnc1-n1cnc(C)c1C. The van der Waals surface area contributed by atoms with Gasteiger partial charge in [-0.2, -0.15) is 0 Å². The van der Waals surface area contributed by atoms with Crippen molar-refractivity contribution in [2.45, 2.75) is 26.8 Å². The van der Waals surface area contributed by atoms with Crippen LogP contribution in [0.5, 0.6) is 0 Å². The number of hydrogen-bond donors (Lipinski definition) is 1. The van der Waals surface area contributed by atoms with Crippen molar-refractivity contribution in [3.8, 4) is 5.82 Å². The minimum absolute atomic E-state index is 0.265. The van der Waals surface area contributed by atoms with Crippen molar-refractivity contribution in [1.82, 2.24) is 19.9 Å². The standard InChI is InChI=1S/C13H18N4/c1-9-11(3)17(8-16-9)13-12(10(2)14-4)6-5-7-15-13/h5-8,10,14H,1-4H3. The van der Waals surface area contributed by atoms with Gasteiger partial charge in [0.1, 0.15) is 12.1 Å². The predicted octanol–water partition coefficient (Wildman–Crippen LogP) is 2.16. The van der Waals surface area contributed by atoms with Gasteiger partial charge in [-0.3, -0.25) is 4.57 Å². The number of hydrogen-bond acceptors (Lipinski definition) is 3. The Morgan fingerprint density at radius 2 is 2.06 bits per heavy atom. The summed E-state index contributed by atoms with van der Waals surface area (Å²) in [5.41, 5.74) is 3.35. The zero-order valence-corrected chi connectivity index (χ0v) is 10.7. The van der Waals surface area contributed by atoms with Crippen LogP contribution in [-0.4, -0.2) is 21.6 Å². The van der Waals surface area contributed by atoms with Crippen molar-refractivity contribution in [3.63, 3.8) is 0 Å². The first-order chi connectivity index (χ1) is 8.15. The Labute approximate surface area is 102 Å². The minimum Gasteiger partial charge on any atom is -0.313 e. The summed E-state index contributed by atoms with van der Waals surface area (Å²) in [5.74, 6) is 0.951. The molecule has 0 fully saturated rings. The first kappa shape index (κ1) is 11.8. The van der Waals surface area contributed by atoms with Crippen LogP contribution in [0.25, 0.3) is 5.82 Å². The first-order valence-corrected chi connectivity index (χ1v) is 5.78. The maximum Gasteiger partial charge on any atom is 0.142 e. The quantitative estimate of drug-likeness (QED) is 0.878. The molecule has 0 aliphatic heterocycles. The molecule has 1 N–H and O–H groups in total. The highest BCUT2D eigenvalue weighted by Gasteiger charge is 2.13. The molecular weight excluding hydrogens is 212 g/mol. The molecule has 17 heavy (non-hydrogen) atoms. The van der Waals surface area contributed by atoms with Crippen molar-refractivity contribution in [3.05, 3.63) is 41.6 Å². The van der Waals surface area contributed by atoms with Gasteiger partial charge in [0.25, 0.3) is 0 Å². The van der Waals surface area contributed by atoms with Gasteiger partial charge >= 0.3 is 0 Å². The van der Waals surface area contributed by atoms with Crippen LogP contribution >= 0.6 is 0 Å². The van der Waals surface area contributed by atoms with Crippen LogP contribution in [0.1, 0.15) is 29.9 Å². The fourth-order valence-corrected chi connectivity index (χ4v) is 1.82. The molecule has 0 amide bonds. The second-order valence-electron chi connectivity index (χ2n) is 4.21. The highest BCUT2D eigenvalue weighted by Crippen LogP contribution is 2.21. The maximum atomic E-state index is 4.48. The summed E-state index contributed by atoms with van der Waals surface area (Å²) in [5, 5.41) is 3.24. The van der Waals surface area contributed by atoms with E-state index in [1.807, 2.05) is 37.1 Å². The molecule has 4 heteroatoms. The molecule has 0 spiro atoms. The van der Waals surface area contributed by atoms with Crippen molar-refractivity contribution in [2.24, 2.45) is 0 Å². The molecule has 0 aromatic carbocycles.